The number of aromatic nitrogens is 3. The standard InChI is InChI=1S/C12H15N5S/c1-18-12-16-10(13)8-11(17-12)15-7-5-9-4-2-3-6-14-9/h2-4,6,8H,5,7H2,1H3,(H3,13,15,16,17). The smallest absolute Gasteiger partial charge is 0.191 e. The van der Waals surface area contributed by atoms with Crippen LogP contribution in [0.5, 0.6) is 0 Å². The van der Waals surface area contributed by atoms with Gasteiger partial charge in [0.15, 0.2) is 5.16 Å². The Labute approximate surface area is 110 Å². The second kappa shape index (κ2) is 6.20. The fourth-order valence-electron chi connectivity index (χ4n) is 1.49. The number of nitrogens with zero attached hydrogens (tertiary/aromatic N) is 3. The van der Waals surface area contributed by atoms with Gasteiger partial charge in [0.1, 0.15) is 11.6 Å². The first-order chi connectivity index (χ1) is 8.78. The molecule has 0 atom stereocenters. The first-order valence-electron chi connectivity index (χ1n) is 5.60. The van der Waals surface area contributed by atoms with E-state index < -0.39 is 0 Å². The van der Waals surface area contributed by atoms with Crippen molar-refractivity contribution in [3.8, 4) is 0 Å². The number of anilines is 2. The van der Waals surface area contributed by atoms with Crippen molar-refractivity contribution in [3.05, 3.63) is 36.2 Å². The maximum atomic E-state index is 5.70. The van der Waals surface area contributed by atoms with Crippen LogP contribution in [0.1, 0.15) is 5.69 Å². The highest BCUT2D eigenvalue weighted by atomic mass is 32.2. The highest BCUT2D eigenvalue weighted by Crippen LogP contribution is 2.14. The largest absolute Gasteiger partial charge is 0.383 e. The monoisotopic (exact) mass is 261 g/mol. The van der Waals surface area contributed by atoms with Crippen LogP contribution in [0.25, 0.3) is 0 Å². The van der Waals surface area contributed by atoms with E-state index in [2.05, 4.69) is 20.3 Å². The average Bonchev–Trinajstić information content (AvgIpc) is 2.39. The molecule has 6 heteroatoms. The lowest BCUT2D eigenvalue weighted by Crippen LogP contribution is -2.08. The number of nitrogens with two attached hydrogens (primary N) is 1. The molecule has 0 aromatic carbocycles. The van der Waals surface area contributed by atoms with Crippen LogP contribution in [-0.2, 0) is 6.42 Å². The molecule has 0 saturated heterocycles. The van der Waals surface area contributed by atoms with E-state index >= 15 is 0 Å². The van der Waals surface area contributed by atoms with Crippen LogP contribution in [0.3, 0.4) is 0 Å². The van der Waals surface area contributed by atoms with E-state index in [0.717, 1.165) is 24.5 Å². The molecule has 94 valence electrons. The van der Waals surface area contributed by atoms with Gasteiger partial charge in [-0.2, -0.15) is 0 Å². The minimum Gasteiger partial charge on any atom is -0.383 e. The van der Waals surface area contributed by atoms with E-state index in [4.69, 9.17) is 5.73 Å². The topological polar surface area (TPSA) is 76.7 Å². The Bertz CT molecular complexity index is 503. The number of hydrogen-bond donors (Lipinski definition) is 2. The lowest BCUT2D eigenvalue weighted by atomic mass is 10.3. The normalized spacial score (nSPS) is 10.3. The summed E-state index contributed by atoms with van der Waals surface area (Å²) in [5.74, 6) is 1.23. The molecule has 2 aromatic rings. The van der Waals surface area contributed by atoms with Gasteiger partial charge < -0.3 is 11.1 Å². The molecule has 0 amide bonds. The van der Waals surface area contributed by atoms with Gasteiger partial charge in [-0.3, -0.25) is 4.98 Å². The zero-order valence-electron chi connectivity index (χ0n) is 10.1. The highest BCUT2D eigenvalue weighted by molar-refractivity contribution is 7.98. The summed E-state index contributed by atoms with van der Waals surface area (Å²) in [5.41, 5.74) is 6.75. The second-order valence-corrected chi connectivity index (χ2v) is 4.44. The van der Waals surface area contributed by atoms with Crippen molar-refractivity contribution in [3.63, 3.8) is 0 Å². The van der Waals surface area contributed by atoms with E-state index in [-0.39, 0.29) is 0 Å². The number of nitrogen functional groups attached to an aromatic ring is 1. The predicted octanol–water partition coefficient (Wildman–Crippen LogP) is 1.83. The molecule has 0 fully saturated rings. The van der Waals surface area contributed by atoms with Crippen LogP contribution in [-0.4, -0.2) is 27.8 Å². The summed E-state index contributed by atoms with van der Waals surface area (Å²) < 4.78 is 0. The van der Waals surface area contributed by atoms with Crippen LogP contribution in [0, 0.1) is 0 Å². The van der Waals surface area contributed by atoms with Crippen molar-refractivity contribution in [1.82, 2.24) is 15.0 Å². The lowest BCUT2D eigenvalue weighted by molar-refractivity contribution is 0.926. The van der Waals surface area contributed by atoms with Gasteiger partial charge in [0.25, 0.3) is 0 Å². The summed E-state index contributed by atoms with van der Waals surface area (Å²) in [5, 5.41) is 3.90. The zero-order valence-corrected chi connectivity index (χ0v) is 10.9. The van der Waals surface area contributed by atoms with Crippen LogP contribution >= 0.6 is 11.8 Å². The fraction of sp³-hybridized carbons (Fsp3) is 0.250. The predicted molar refractivity (Wildman–Crippen MR) is 74.7 cm³/mol. The summed E-state index contributed by atoms with van der Waals surface area (Å²) in [6.07, 6.45) is 4.57. The maximum Gasteiger partial charge on any atom is 0.191 e. The third-order valence-electron chi connectivity index (χ3n) is 2.32. The van der Waals surface area contributed by atoms with E-state index in [1.54, 1.807) is 12.3 Å². The third kappa shape index (κ3) is 3.59. The Hall–Kier alpha value is -1.82. The maximum absolute atomic E-state index is 5.70. The van der Waals surface area contributed by atoms with Gasteiger partial charge in [-0.15, -0.1) is 0 Å². The Morgan fingerprint density at radius 1 is 1.33 bits per heavy atom. The van der Waals surface area contributed by atoms with Gasteiger partial charge in [0.2, 0.25) is 0 Å². The molecule has 18 heavy (non-hydrogen) atoms. The number of thioether (sulfide) groups is 1. The summed E-state index contributed by atoms with van der Waals surface area (Å²) in [7, 11) is 0. The third-order valence-corrected chi connectivity index (χ3v) is 2.87. The molecule has 2 rings (SSSR count). The van der Waals surface area contributed by atoms with E-state index in [1.165, 1.54) is 11.8 Å². The van der Waals surface area contributed by atoms with Crippen LogP contribution in [0.15, 0.2) is 35.6 Å². The van der Waals surface area contributed by atoms with Crippen molar-refractivity contribution in [2.24, 2.45) is 0 Å². The van der Waals surface area contributed by atoms with Gasteiger partial charge in [-0.1, -0.05) is 17.8 Å². The van der Waals surface area contributed by atoms with Gasteiger partial charge in [0.05, 0.1) is 0 Å². The van der Waals surface area contributed by atoms with Crippen molar-refractivity contribution in [2.75, 3.05) is 23.9 Å². The zero-order chi connectivity index (χ0) is 12.8. The first kappa shape index (κ1) is 12.6. The number of pyridine rings is 1. The van der Waals surface area contributed by atoms with Crippen LogP contribution < -0.4 is 11.1 Å². The molecule has 2 aromatic heterocycles. The molecule has 0 unspecified atom stereocenters. The van der Waals surface area contributed by atoms with Crippen LogP contribution in [0.4, 0.5) is 11.6 Å². The summed E-state index contributed by atoms with van der Waals surface area (Å²) in [6.45, 7) is 0.765. The van der Waals surface area contributed by atoms with Gasteiger partial charge in [-0.25, -0.2) is 9.97 Å². The molecule has 3 N–H and O–H groups in total. The summed E-state index contributed by atoms with van der Waals surface area (Å²) in [6, 6.07) is 7.63. The molecule has 5 nitrogen and oxygen atoms in total. The number of nitrogens with one attached hydrogen (secondary N) is 1. The number of hydrogen-bond acceptors (Lipinski definition) is 6. The van der Waals surface area contributed by atoms with Gasteiger partial charge in [0, 0.05) is 30.9 Å². The fourth-order valence-corrected chi connectivity index (χ4v) is 1.88. The van der Waals surface area contributed by atoms with Crippen molar-refractivity contribution < 1.29 is 0 Å². The highest BCUT2D eigenvalue weighted by Gasteiger charge is 2.01. The molecule has 0 saturated carbocycles. The lowest BCUT2D eigenvalue weighted by Gasteiger charge is -2.07. The van der Waals surface area contributed by atoms with Crippen LogP contribution in [0.2, 0.25) is 0 Å². The molecule has 0 spiro atoms. The average molecular weight is 261 g/mol. The molecular formula is C12H15N5S. The molecule has 0 radical (unpaired) electrons. The van der Waals surface area contributed by atoms with Gasteiger partial charge in [-0.05, 0) is 18.4 Å². The SMILES string of the molecule is CSc1nc(N)cc(NCCc2ccccn2)n1. The summed E-state index contributed by atoms with van der Waals surface area (Å²) in [4.78, 5) is 12.7. The van der Waals surface area contributed by atoms with Crippen molar-refractivity contribution in [2.45, 2.75) is 11.6 Å². The van der Waals surface area contributed by atoms with Crippen molar-refractivity contribution >= 4 is 23.4 Å². The van der Waals surface area contributed by atoms with E-state index in [0.29, 0.717) is 11.0 Å². The van der Waals surface area contributed by atoms with E-state index in [1.807, 2.05) is 24.5 Å². The Morgan fingerprint density at radius 3 is 2.94 bits per heavy atom. The minimum atomic E-state index is 0.481. The Kier molecular flexibility index (Phi) is 4.35. The molecule has 2 heterocycles. The van der Waals surface area contributed by atoms with Gasteiger partial charge >= 0.3 is 0 Å². The van der Waals surface area contributed by atoms with Crippen molar-refractivity contribution in [1.29, 1.82) is 0 Å². The first-order valence-corrected chi connectivity index (χ1v) is 6.83. The second-order valence-electron chi connectivity index (χ2n) is 3.66. The molecule has 0 aliphatic rings. The summed E-state index contributed by atoms with van der Waals surface area (Å²) >= 11 is 1.47. The molecule has 0 bridgehead atoms. The minimum absolute atomic E-state index is 0.481. The Morgan fingerprint density at radius 2 is 2.22 bits per heavy atom. The number of rotatable bonds is 5. The quantitative estimate of drug-likeness (QED) is 0.631. The Balaban J connectivity index is 1.92. The molecule has 0 aliphatic heterocycles. The molecule has 0 aliphatic carbocycles. The van der Waals surface area contributed by atoms with E-state index in [9.17, 15) is 0 Å². The molecular weight excluding hydrogens is 246 g/mol.